The third-order valence-electron chi connectivity index (χ3n) is 1.95. The molecule has 0 saturated heterocycles. The van der Waals surface area contributed by atoms with Crippen molar-refractivity contribution >= 4 is 5.97 Å². The minimum atomic E-state index is -1.00. The van der Waals surface area contributed by atoms with Crippen molar-refractivity contribution in [2.75, 3.05) is 6.73 Å². The van der Waals surface area contributed by atoms with Crippen molar-refractivity contribution in [1.29, 1.82) is 0 Å². The van der Waals surface area contributed by atoms with Crippen molar-refractivity contribution in [3.8, 4) is 5.75 Å². The number of aliphatic carboxylic acids is 1. The Bertz CT molecular complexity index is 324. The smallest absolute Gasteiger partial charge is 0.320 e. The predicted octanol–water partition coefficient (Wildman–Crippen LogP) is -0.0640. The van der Waals surface area contributed by atoms with Crippen molar-refractivity contribution in [2.24, 2.45) is 11.5 Å². The Morgan fingerprint density at radius 2 is 2.00 bits per heavy atom. The monoisotopic (exact) mass is 210 g/mol. The molecular formula is C10H14N2O3. The van der Waals surface area contributed by atoms with E-state index in [4.69, 9.17) is 21.3 Å². The van der Waals surface area contributed by atoms with E-state index in [1.54, 1.807) is 24.3 Å². The molecule has 1 unspecified atom stereocenters. The van der Waals surface area contributed by atoms with E-state index in [0.29, 0.717) is 12.2 Å². The Morgan fingerprint density at radius 1 is 1.40 bits per heavy atom. The average molecular weight is 210 g/mol. The molecule has 0 amide bonds. The Labute approximate surface area is 87.6 Å². The molecule has 0 aliphatic carbocycles. The summed E-state index contributed by atoms with van der Waals surface area (Å²) >= 11 is 0. The zero-order valence-electron chi connectivity index (χ0n) is 8.22. The van der Waals surface area contributed by atoms with Gasteiger partial charge in [-0.15, -0.1) is 0 Å². The van der Waals surface area contributed by atoms with Crippen molar-refractivity contribution in [3.05, 3.63) is 29.8 Å². The molecule has 0 radical (unpaired) electrons. The lowest BCUT2D eigenvalue weighted by molar-refractivity contribution is -0.138. The molecule has 1 aromatic carbocycles. The molecule has 1 aromatic rings. The molecule has 0 bridgehead atoms. The Morgan fingerprint density at radius 3 is 2.47 bits per heavy atom. The number of nitrogens with two attached hydrogens (primary N) is 2. The standard InChI is InChI=1S/C10H14N2O3/c11-6-15-8-3-1-7(2-4-8)5-9(12)10(13)14/h1-4,9H,5-6,11-12H2,(H,13,14). The SMILES string of the molecule is NCOc1ccc(CC(N)C(=O)O)cc1. The van der Waals surface area contributed by atoms with E-state index in [0.717, 1.165) is 5.56 Å². The Hall–Kier alpha value is -1.59. The van der Waals surface area contributed by atoms with Gasteiger partial charge in [0.2, 0.25) is 0 Å². The zero-order valence-corrected chi connectivity index (χ0v) is 8.22. The highest BCUT2D eigenvalue weighted by atomic mass is 16.5. The van der Waals surface area contributed by atoms with Crippen molar-refractivity contribution in [1.82, 2.24) is 0 Å². The van der Waals surface area contributed by atoms with E-state index in [9.17, 15) is 4.79 Å². The van der Waals surface area contributed by atoms with Crippen LogP contribution in [0.5, 0.6) is 5.75 Å². The van der Waals surface area contributed by atoms with Gasteiger partial charge in [-0.3, -0.25) is 10.5 Å². The summed E-state index contributed by atoms with van der Waals surface area (Å²) in [4.78, 5) is 10.5. The van der Waals surface area contributed by atoms with Crippen LogP contribution in [-0.2, 0) is 11.2 Å². The van der Waals surface area contributed by atoms with Gasteiger partial charge in [0.25, 0.3) is 0 Å². The van der Waals surface area contributed by atoms with Gasteiger partial charge in [-0.05, 0) is 24.1 Å². The van der Waals surface area contributed by atoms with Gasteiger partial charge in [0, 0.05) is 0 Å². The van der Waals surface area contributed by atoms with Crippen LogP contribution < -0.4 is 16.2 Å². The molecule has 0 spiro atoms. The summed E-state index contributed by atoms with van der Waals surface area (Å²) in [6.45, 7) is 0.119. The molecule has 15 heavy (non-hydrogen) atoms. The number of hydrogen-bond donors (Lipinski definition) is 3. The van der Waals surface area contributed by atoms with Gasteiger partial charge in [0.05, 0.1) is 0 Å². The summed E-state index contributed by atoms with van der Waals surface area (Å²) in [5, 5.41) is 8.62. The minimum Gasteiger partial charge on any atom is -0.480 e. The molecule has 1 atom stereocenters. The predicted molar refractivity (Wildman–Crippen MR) is 55.4 cm³/mol. The number of rotatable bonds is 5. The third-order valence-corrected chi connectivity index (χ3v) is 1.95. The molecule has 0 aliphatic heterocycles. The highest BCUT2D eigenvalue weighted by molar-refractivity contribution is 5.73. The fourth-order valence-corrected chi connectivity index (χ4v) is 1.16. The first-order chi connectivity index (χ1) is 7.13. The van der Waals surface area contributed by atoms with Crippen LogP contribution in [0.3, 0.4) is 0 Å². The van der Waals surface area contributed by atoms with Gasteiger partial charge >= 0.3 is 5.97 Å². The van der Waals surface area contributed by atoms with Crippen LogP contribution >= 0.6 is 0 Å². The third kappa shape index (κ3) is 3.57. The molecule has 0 heterocycles. The molecule has 0 aliphatic rings. The van der Waals surface area contributed by atoms with Gasteiger partial charge in [0.15, 0.2) is 0 Å². The number of carbonyl (C=O) groups is 1. The average Bonchev–Trinajstić information content (AvgIpc) is 2.21. The van der Waals surface area contributed by atoms with Gasteiger partial charge in [-0.2, -0.15) is 0 Å². The first kappa shape index (κ1) is 11.5. The maximum Gasteiger partial charge on any atom is 0.320 e. The van der Waals surface area contributed by atoms with Gasteiger partial charge in [0.1, 0.15) is 18.5 Å². The van der Waals surface area contributed by atoms with Gasteiger partial charge in [-0.25, -0.2) is 0 Å². The van der Waals surface area contributed by atoms with Crippen molar-refractivity contribution in [2.45, 2.75) is 12.5 Å². The lowest BCUT2D eigenvalue weighted by atomic mass is 10.1. The zero-order chi connectivity index (χ0) is 11.3. The lowest BCUT2D eigenvalue weighted by Crippen LogP contribution is -2.32. The summed E-state index contributed by atoms with van der Waals surface area (Å²) in [6.07, 6.45) is 0.304. The minimum absolute atomic E-state index is 0.119. The second-order valence-corrected chi connectivity index (χ2v) is 3.10. The van der Waals surface area contributed by atoms with Crippen LogP contribution in [-0.4, -0.2) is 23.8 Å². The van der Waals surface area contributed by atoms with E-state index in [1.807, 2.05) is 0 Å². The second kappa shape index (κ2) is 5.33. The fraction of sp³-hybridized carbons (Fsp3) is 0.300. The summed E-state index contributed by atoms with van der Waals surface area (Å²) in [5.74, 6) is -0.345. The second-order valence-electron chi connectivity index (χ2n) is 3.10. The van der Waals surface area contributed by atoms with E-state index >= 15 is 0 Å². The Balaban J connectivity index is 2.60. The molecular weight excluding hydrogens is 196 g/mol. The summed E-state index contributed by atoms with van der Waals surface area (Å²) in [6, 6.07) is 6.14. The topological polar surface area (TPSA) is 98.6 Å². The van der Waals surface area contributed by atoms with Crippen molar-refractivity contribution in [3.63, 3.8) is 0 Å². The van der Waals surface area contributed by atoms with Crippen LogP contribution in [0.2, 0.25) is 0 Å². The van der Waals surface area contributed by atoms with E-state index in [1.165, 1.54) is 0 Å². The largest absolute Gasteiger partial charge is 0.480 e. The summed E-state index contributed by atoms with van der Waals surface area (Å²) in [5.41, 5.74) is 11.4. The van der Waals surface area contributed by atoms with E-state index in [2.05, 4.69) is 0 Å². The number of benzene rings is 1. The molecule has 82 valence electrons. The van der Waals surface area contributed by atoms with E-state index < -0.39 is 12.0 Å². The van der Waals surface area contributed by atoms with Crippen LogP contribution in [0, 0.1) is 0 Å². The highest BCUT2D eigenvalue weighted by Crippen LogP contribution is 2.12. The summed E-state index contributed by atoms with van der Waals surface area (Å²) < 4.78 is 5.04. The Kier molecular flexibility index (Phi) is 4.08. The number of hydrogen-bond acceptors (Lipinski definition) is 4. The number of carboxylic acids is 1. The number of carboxylic acid groups (broad SMARTS) is 1. The normalized spacial score (nSPS) is 12.1. The van der Waals surface area contributed by atoms with Crippen LogP contribution in [0.15, 0.2) is 24.3 Å². The molecule has 5 heteroatoms. The van der Waals surface area contributed by atoms with E-state index in [-0.39, 0.29) is 6.73 Å². The lowest BCUT2D eigenvalue weighted by Gasteiger charge is -2.07. The first-order valence-corrected chi connectivity index (χ1v) is 4.53. The quantitative estimate of drug-likeness (QED) is 0.591. The molecule has 1 rings (SSSR count). The maximum absolute atomic E-state index is 10.5. The molecule has 0 aromatic heterocycles. The molecule has 0 saturated carbocycles. The molecule has 0 fully saturated rings. The fourth-order valence-electron chi connectivity index (χ4n) is 1.16. The van der Waals surface area contributed by atoms with Crippen LogP contribution in [0.25, 0.3) is 0 Å². The molecule has 5 nitrogen and oxygen atoms in total. The highest BCUT2D eigenvalue weighted by Gasteiger charge is 2.11. The first-order valence-electron chi connectivity index (χ1n) is 4.53. The number of ether oxygens (including phenoxy) is 1. The summed E-state index contributed by atoms with van der Waals surface area (Å²) in [7, 11) is 0. The van der Waals surface area contributed by atoms with Crippen molar-refractivity contribution < 1.29 is 14.6 Å². The van der Waals surface area contributed by atoms with Crippen LogP contribution in [0.4, 0.5) is 0 Å². The maximum atomic E-state index is 10.5. The van der Waals surface area contributed by atoms with Gasteiger partial charge < -0.3 is 15.6 Å². The molecule has 5 N–H and O–H groups in total. The van der Waals surface area contributed by atoms with Gasteiger partial charge in [-0.1, -0.05) is 12.1 Å². The van der Waals surface area contributed by atoms with Crippen LogP contribution in [0.1, 0.15) is 5.56 Å².